The van der Waals surface area contributed by atoms with Crippen LogP contribution in [0.5, 0.6) is 5.75 Å². The van der Waals surface area contributed by atoms with Crippen LogP contribution in [0.3, 0.4) is 0 Å². The first-order valence-corrected chi connectivity index (χ1v) is 9.74. The van der Waals surface area contributed by atoms with E-state index in [2.05, 4.69) is 15.4 Å². The van der Waals surface area contributed by atoms with Gasteiger partial charge in [0.2, 0.25) is 0 Å². The quantitative estimate of drug-likeness (QED) is 0.680. The number of rotatable bonds is 4. The predicted molar refractivity (Wildman–Crippen MR) is 103 cm³/mol. The van der Waals surface area contributed by atoms with Gasteiger partial charge in [0.25, 0.3) is 11.8 Å². The molecule has 0 radical (unpaired) electrons. The van der Waals surface area contributed by atoms with Crippen molar-refractivity contribution in [2.24, 2.45) is 0 Å². The van der Waals surface area contributed by atoms with E-state index < -0.39 is 23.6 Å². The highest BCUT2D eigenvalue weighted by molar-refractivity contribution is 7.09. The number of thiazole rings is 1. The lowest BCUT2D eigenvalue weighted by molar-refractivity contribution is 0.0718. The van der Waals surface area contributed by atoms with Gasteiger partial charge in [-0.1, -0.05) is 12.1 Å². The Balaban J connectivity index is 1.64. The summed E-state index contributed by atoms with van der Waals surface area (Å²) in [5, 5.41) is 20.2. The third-order valence-corrected chi connectivity index (χ3v) is 5.53. The van der Waals surface area contributed by atoms with Gasteiger partial charge < -0.3 is 15.3 Å². The third-order valence-electron chi connectivity index (χ3n) is 4.74. The first kappa shape index (κ1) is 19.1. The first-order valence-electron chi connectivity index (χ1n) is 8.86. The average molecular weight is 415 g/mol. The van der Waals surface area contributed by atoms with Gasteiger partial charge in [0.15, 0.2) is 17.1 Å². The summed E-state index contributed by atoms with van der Waals surface area (Å²) in [6, 6.07) is 5.29. The van der Waals surface area contributed by atoms with Crippen LogP contribution < -0.4 is 5.32 Å². The van der Waals surface area contributed by atoms with Crippen molar-refractivity contribution in [3.8, 4) is 5.75 Å². The second-order valence-corrected chi connectivity index (χ2v) is 7.85. The maximum atomic E-state index is 13.0. The van der Waals surface area contributed by atoms with E-state index in [-0.39, 0.29) is 23.7 Å². The molecule has 0 aliphatic carbocycles. The van der Waals surface area contributed by atoms with Crippen LogP contribution in [0, 0.1) is 12.7 Å². The zero-order valence-electron chi connectivity index (χ0n) is 15.7. The summed E-state index contributed by atoms with van der Waals surface area (Å²) < 4.78 is 14.4. The molecule has 2 aromatic heterocycles. The van der Waals surface area contributed by atoms with E-state index in [0.29, 0.717) is 17.8 Å². The normalized spacial score (nSPS) is 16.0. The van der Waals surface area contributed by atoms with Crippen molar-refractivity contribution in [2.75, 3.05) is 13.6 Å². The molecule has 3 heterocycles. The fourth-order valence-electron chi connectivity index (χ4n) is 3.22. The summed E-state index contributed by atoms with van der Waals surface area (Å²) >= 11 is 1.47. The average Bonchev–Trinajstić information content (AvgIpc) is 3.28. The number of carbonyl (C=O) groups excluding carboxylic acids is 2. The Bertz CT molecular complexity index is 1090. The highest BCUT2D eigenvalue weighted by Crippen LogP contribution is 2.33. The number of nitrogens with one attached hydrogen (secondary N) is 1. The van der Waals surface area contributed by atoms with Crippen LogP contribution in [-0.2, 0) is 6.54 Å². The Hall–Kier alpha value is -3.27. The first-order chi connectivity index (χ1) is 13.8. The van der Waals surface area contributed by atoms with Gasteiger partial charge in [-0.25, -0.2) is 14.1 Å². The number of carbonyl (C=O) groups is 2. The van der Waals surface area contributed by atoms with Gasteiger partial charge in [-0.05, 0) is 24.6 Å². The molecular formula is C19H18FN5O3S. The highest BCUT2D eigenvalue weighted by Gasteiger charge is 2.38. The SMILES string of the molecule is Cc1nc(C2CN(C)C(=O)c3c(O)c(C(=O)NCc4ccc(F)cc4)nn32)cs1. The van der Waals surface area contributed by atoms with Gasteiger partial charge in [-0.15, -0.1) is 11.3 Å². The number of hydrogen-bond donors (Lipinski definition) is 2. The molecule has 29 heavy (non-hydrogen) atoms. The lowest BCUT2D eigenvalue weighted by Gasteiger charge is -2.29. The molecule has 8 nitrogen and oxygen atoms in total. The van der Waals surface area contributed by atoms with E-state index in [1.807, 2.05) is 12.3 Å². The van der Waals surface area contributed by atoms with Crippen molar-refractivity contribution in [1.29, 1.82) is 0 Å². The summed E-state index contributed by atoms with van der Waals surface area (Å²) in [6.07, 6.45) is 0. The molecule has 0 spiro atoms. The Morgan fingerprint density at radius 1 is 1.38 bits per heavy atom. The van der Waals surface area contributed by atoms with E-state index in [1.165, 1.54) is 33.1 Å². The van der Waals surface area contributed by atoms with E-state index >= 15 is 0 Å². The molecular weight excluding hydrogens is 397 g/mol. The van der Waals surface area contributed by atoms with Gasteiger partial charge in [-0.3, -0.25) is 9.59 Å². The molecule has 2 amide bonds. The van der Waals surface area contributed by atoms with Crippen molar-refractivity contribution < 1.29 is 19.1 Å². The van der Waals surface area contributed by atoms with E-state index in [9.17, 15) is 19.1 Å². The predicted octanol–water partition coefficient (Wildman–Crippen LogP) is 2.10. The number of amides is 2. The monoisotopic (exact) mass is 415 g/mol. The smallest absolute Gasteiger partial charge is 0.275 e. The summed E-state index contributed by atoms with van der Waals surface area (Å²) in [6.45, 7) is 2.33. The molecule has 1 aliphatic heterocycles. The molecule has 1 atom stereocenters. The van der Waals surface area contributed by atoms with Gasteiger partial charge in [0.05, 0.1) is 10.7 Å². The van der Waals surface area contributed by atoms with Gasteiger partial charge in [0, 0.05) is 25.5 Å². The topological polar surface area (TPSA) is 100 Å². The number of aryl methyl sites for hydroxylation is 1. The van der Waals surface area contributed by atoms with Crippen LogP contribution in [0.15, 0.2) is 29.6 Å². The number of hydrogen-bond acceptors (Lipinski definition) is 6. The number of aromatic nitrogens is 3. The Morgan fingerprint density at radius 3 is 2.76 bits per heavy atom. The minimum absolute atomic E-state index is 0.0404. The molecule has 150 valence electrons. The van der Waals surface area contributed by atoms with Crippen LogP contribution >= 0.6 is 11.3 Å². The number of aromatic hydroxyl groups is 1. The van der Waals surface area contributed by atoms with Crippen molar-refractivity contribution in [3.05, 3.63) is 63.1 Å². The van der Waals surface area contributed by atoms with Crippen LogP contribution in [0.25, 0.3) is 0 Å². The van der Waals surface area contributed by atoms with Crippen LogP contribution in [0.4, 0.5) is 4.39 Å². The van der Waals surface area contributed by atoms with Crippen molar-refractivity contribution >= 4 is 23.2 Å². The molecule has 1 aliphatic rings. The Morgan fingerprint density at radius 2 is 2.10 bits per heavy atom. The number of fused-ring (bicyclic) bond motifs is 1. The molecule has 2 N–H and O–H groups in total. The molecule has 0 bridgehead atoms. The van der Waals surface area contributed by atoms with Gasteiger partial charge >= 0.3 is 0 Å². The molecule has 1 aromatic carbocycles. The minimum Gasteiger partial charge on any atom is -0.504 e. The summed E-state index contributed by atoms with van der Waals surface area (Å²) in [5.41, 5.74) is 1.13. The lowest BCUT2D eigenvalue weighted by atomic mass is 10.1. The van der Waals surface area contributed by atoms with Crippen molar-refractivity contribution in [3.63, 3.8) is 0 Å². The molecule has 4 rings (SSSR count). The summed E-state index contributed by atoms with van der Waals surface area (Å²) in [7, 11) is 1.62. The maximum absolute atomic E-state index is 13.0. The number of nitrogens with zero attached hydrogens (tertiary/aromatic N) is 4. The Labute approximate surface area is 169 Å². The van der Waals surface area contributed by atoms with Gasteiger partial charge in [-0.2, -0.15) is 5.10 Å². The highest BCUT2D eigenvalue weighted by atomic mass is 32.1. The van der Waals surface area contributed by atoms with E-state index in [1.54, 1.807) is 19.2 Å². The molecule has 0 saturated carbocycles. The zero-order valence-corrected chi connectivity index (χ0v) is 16.5. The van der Waals surface area contributed by atoms with Crippen molar-refractivity contribution in [2.45, 2.75) is 19.5 Å². The third kappa shape index (κ3) is 3.46. The number of halogens is 1. The largest absolute Gasteiger partial charge is 0.504 e. The molecule has 0 fully saturated rings. The Kier molecular flexibility index (Phi) is 4.79. The van der Waals surface area contributed by atoms with E-state index in [4.69, 9.17) is 0 Å². The molecule has 10 heteroatoms. The van der Waals surface area contributed by atoms with Crippen LogP contribution in [0.1, 0.15) is 43.3 Å². The summed E-state index contributed by atoms with van der Waals surface area (Å²) in [4.78, 5) is 31.1. The zero-order chi connectivity index (χ0) is 20.7. The number of likely N-dealkylation sites (N-methyl/N-ethyl adjacent to an activating group) is 1. The number of benzene rings is 1. The van der Waals surface area contributed by atoms with Crippen molar-refractivity contribution in [1.82, 2.24) is 25.0 Å². The fraction of sp³-hybridized carbons (Fsp3) is 0.263. The van der Waals surface area contributed by atoms with Crippen LogP contribution in [0.2, 0.25) is 0 Å². The van der Waals surface area contributed by atoms with E-state index in [0.717, 1.165) is 5.01 Å². The fourth-order valence-corrected chi connectivity index (χ4v) is 3.88. The molecule has 1 unspecified atom stereocenters. The second kappa shape index (κ2) is 7.28. The van der Waals surface area contributed by atoms with Crippen LogP contribution in [-0.4, -0.2) is 50.2 Å². The second-order valence-electron chi connectivity index (χ2n) is 6.79. The lowest BCUT2D eigenvalue weighted by Crippen LogP contribution is -2.41. The minimum atomic E-state index is -0.627. The maximum Gasteiger partial charge on any atom is 0.275 e. The van der Waals surface area contributed by atoms with Gasteiger partial charge in [0.1, 0.15) is 11.9 Å². The standard InChI is InChI=1S/C19H18FN5O3S/c1-10-22-13(9-29-10)14-8-24(2)19(28)16-17(26)15(23-25(14)16)18(27)21-7-11-3-5-12(20)6-4-11/h3-6,9,14,26H,7-8H2,1-2H3,(H,21,27). The molecule has 3 aromatic rings. The summed E-state index contributed by atoms with van der Waals surface area (Å²) in [5.74, 6) is -1.88. The molecule has 0 saturated heterocycles.